The summed E-state index contributed by atoms with van der Waals surface area (Å²) in [7, 11) is -2.11. The second-order valence-electron chi connectivity index (χ2n) is 7.42. The molecule has 0 radical (unpaired) electrons. The standard InChI is InChI=1S/C24H24N2O4S/c1-30-22-10-4-6-18(14-22)16-25-24(27)20-9-5-11-23(15-20)31(28,29)26-13-12-19-7-2-3-8-21(19)17-26/h2-11,14-15H,12-13,16-17H2,1H3,(H,25,27). The van der Waals surface area contributed by atoms with Crippen molar-refractivity contribution < 1.29 is 17.9 Å². The Morgan fingerprint density at radius 2 is 1.77 bits per heavy atom. The summed E-state index contributed by atoms with van der Waals surface area (Å²) >= 11 is 0. The number of nitrogens with one attached hydrogen (secondary N) is 1. The van der Waals surface area contributed by atoms with Gasteiger partial charge >= 0.3 is 0 Å². The molecule has 0 bridgehead atoms. The molecule has 4 rings (SSSR count). The van der Waals surface area contributed by atoms with Crippen LogP contribution in [0.15, 0.2) is 77.7 Å². The van der Waals surface area contributed by atoms with Crippen LogP contribution in [0.3, 0.4) is 0 Å². The van der Waals surface area contributed by atoms with Crippen LogP contribution in [-0.2, 0) is 29.5 Å². The van der Waals surface area contributed by atoms with Gasteiger partial charge in [-0.05, 0) is 53.4 Å². The van der Waals surface area contributed by atoms with E-state index in [1.165, 1.54) is 22.0 Å². The first-order valence-corrected chi connectivity index (χ1v) is 11.5. The van der Waals surface area contributed by atoms with E-state index in [0.717, 1.165) is 11.1 Å². The fourth-order valence-electron chi connectivity index (χ4n) is 3.69. The van der Waals surface area contributed by atoms with Gasteiger partial charge in [0, 0.05) is 25.2 Å². The van der Waals surface area contributed by atoms with E-state index in [0.29, 0.717) is 37.4 Å². The summed E-state index contributed by atoms with van der Waals surface area (Å²) in [5, 5.41) is 2.83. The smallest absolute Gasteiger partial charge is 0.251 e. The van der Waals surface area contributed by atoms with Gasteiger partial charge in [0.1, 0.15) is 5.75 Å². The van der Waals surface area contributed by atoms with Crippen LogP contribution in [0.4, 0.5) is 0 Å². The van der Waals surface area contributed by atoms with Crippen LogP contribution < -0.4 is 10.1 Å². The predicted octanol–water partition coefficient (Wildman–Crippen LogP) is 3.37. The number of benzene rings is 3. The highest BCUT2D eigenvalue weighted by molar-refractivity contribution is 7.89. The second kappa shape index (κ2) is 8.91. The number of hydrogen-bond donors (Lipinski definition) is 1. The lowest BCUT2D eigenvalue weighted by atomic mass is 10.0. The largest absolute Gasteiger partial charge is 0.497 e. The number of nitrogens with zero attached hydrogens (tertiary/aromatic N) is 1. The third-order valence-corrected chi connectivity index (χ3v) is 7.26. The first-order valence-electron chi connectivity index (χ1n) is 10.1. The molecule has 0 aromatic heterocycles. The van der Waals surface area contributed by atoms with Crippen LogP contribution in [0, 0.1) is 0 Å². The number of carbonyl (C=O) groups excluding carboxylic acids is 1. The van der Waals surface area contributed by atoms with Crippen molar-refractivity contribution in [1.82, 2.24) is 9.62 Å². The highest BCUT2D eigenvalue weighted by Crippen LogP contribution is 2.25. The van der Waals surface area contributed by atoms with Crippen LogP contribution >= 0.6 is 0 Å². The van der Waals surface area contributed by atoms with Gasteiger partial charge in [0.2, 0.25) is 10.0 Å². The summed E-state index contributed by atoms with van der Waals surface area (Å²) in [5.74, 6) is 0.381. The molecule has 1 aliphatic heterocycles. The van der Waals surface area contributed by atoms with E-state index in [9.17, 15) is 13.2 Å². The van der Waals surface area contributed by atoms with Gasteiger partial charge in [-0.3, -0.25) is 4.79 Å². The average Bonchev–Trinajstić information content (AvgIpc) is 2.82. The average molecular weight is 437 g/mol. The first-order chi connectivity index (χ1) is 15.0. The van der Waals surface area contributed by atoms with E-state index in [4.69, 9.17) is 4.74 Å². The molecule has 7 heteroatoms. The zero-order valence-corrected chi connectivity index (χ0v) is 18.1. The van der Waals surface area contributed by atoms with Crippen LogP contribution in [0.2, 0.25) is 0 Å². The van der Waals surface area contributed by atoms with Gasteiger partial charge in [-0.25, -0.2) is 8.42 Å². The molecule has 0 saturated heterocycles. The highest BCUT2D eigenvalue weighted by Gasteiger charge is 2.28. The van der Waals surface area contributed by atoms with Gasteiger partial charge < -0.3 is 10.1 Å². The Morgan fingerprint density at radius 1 is 1.00 bits per heavy atom. The third kappa shape index (κ3) is 4.62. The van der Waals surface area contributed by atoms with E-state index < -0.39 is 10.0 Å². The van der Waals surface area contributed by atoms with E-state index in [1.807, 2.05) is 48.5 Å². The van der Waals surface area contributed by atoms with Gasteiger partial charge in [-0.15, -0.1) is 0 Å². The first kappa shape index (κ1) is 21.1. The van der Waals surface area contributed by atoms with Gasteiger partial charge in [0.05, 0.1) is 12.0 Å². The lowest BCUT2D eigenvalue weighted by molar-refractivity contribution is 0.0950. The minimum absolute atomic E-state index is 0.126. The molecule has 31 heavy (non-hydrogen) atoms. The van der Waals surface area contributed by atoms with E-state index in [-0.39, 0.29) is 10.8 Å². The van der Waals surface area contributed by atoms with Crippen LogP contribution in [0.1, 0.15) is 27.0 Å². The van der Waals surface area contributed by atoms with Crippen molar-refractivity contribution in [3.8, 4) is 5.75 Å². The summed E-state index contributed by atoms with van der Waals surface area (Å²) in [6.45, 7) is 1.08. The molecule has 0 unspecified atom stereocenters. The van der Waals surface area contributed by atoms with Gasteiger partial charge in [0.15, 0.2) is 0 Å². The maximum Gasteiger partial charge on any atom is 0.251 e. The maximum absolute atomic E-state index is 13.2. The summed E-state index contributed by atoms with van der Waals surface area (Å²) in [5.41, 5.74) is 3.40. The van der Waals surface area contributed by atoms with Crippen LogP contribution in [0.5, 0.6) is 5.75 Å². The lowest BCUT2D eigenvalue weighted by Gasteiger charge is -2.28. The Balaban J connectivity index is 1.49. The quantitative estimate of drug-likeness (QED) is 0.643. The van der Waals surface area contributed by atoms with Crippen molar-refractivity contribution in [3.05, 3.63) is 95.1 Å². The Kier molecular flexibility index (Phi) is 6.06. The van der Waals surface area contributed by atoms with Crippen molar-refractivity contribution >= 4 is 15.9 Å². The lowest BCUT2D eigenvalue weighted by Crippen LogP contribution is -2.36. The molecule has 0 atom stereocenters. The summed E-state index contributed by atoms with van der Waals surface area (Å²) in [6, 6.07) is 21.5. The molecule has 1 aliphatic rings. The minimum Gasteiger partial charge on any atom is -0.497 e. The van der Waals surface area contributed by atoms with Crippen molar-refractivity contribution in [1.29, 1.82) is 0 Å². The zero-order chi connectivity index (χ0) is 21.8. The number of fused-ring (bicyclic) bond motifs is 1. The molecule has 0 fully saturated rings. The van der Waals surface area contributed by atoms with Crippen LogP contribution in [0.25, 0.3) is 0 Å². The molecular formula is C24H24N2O4S. The van der Waals surface area contributed by atoms with Crippen molar-refractivity contribution in [3.63, 3.8) is 0 Å². The van der Waals surface area contributed by atoms with Gasteiger partial charge in [-0.1, -0.05) is 42.5 Å². The second-order valence-corrected chi connectivity index (χ2v) is 9.36. The Bertz CT molecular complexity index is 1210. The number of rotatable bonds is 6. The molecular weight excluding hydrogens is 412 g/mol. The third-order valence-electron chi connectivity index (χ3n) is 5.42. The number of ether oxygens (including phenoxy) is 1. The van der Waals surface area contributed by atoms with Gasteiger partial charge in [0.25, 0.3) is 5.91 Å². The molecule has 0 aliphatic carbocycles. The molecule has 0 saturated carbocycles. The number of methoxy groups -OCH3 is 1. The minimum atomic E-state index is -3.70. The fourth-order valence-corrected chi connectivity index (χ4v) is 5.15. The topological polar surface area (TPSA) is 75.7 Å². The maximum atomic E-state index is 13.2. The normalized spacial score (nSPS) is 14.0. The number of amides is 1. The number of carbonyl (C=O) groups is 1. The Morgan fingerprint density at radius 3 is 2.58 bits per heavy atom. The molecule has 3 aromatic rings. The van der Waals surface area contributed by atoms with Crippen molar-refractivity contribution in [2.75, 3.05) is 13.7 Å². The molecule has 0 spiro atoms. The summed E-state index contributed by atoms with van der Waals surface area (Å²) < 4.78 is 33.1. The predicted molar refractivity (Wildman–Crippen MR) is 118 cm³/mol. The van der Waals surface area contributed by atoms with Crippen LogP contribution in [-0.4, -0.2) is 32.3 Å². The van der Waals surface area contributed by atoms with E-state index >= 15 is 0 Å². The molecule has 6 nitrogen and oxygen atoms in total. The molecule has 1 amide bonds. The molecule has 3 aromatic carbocycles. The Hall–Kier alpha value is -3.16. The fraction of sp³-hybridized carbons (Fsp3) is 0.208. The van der Waals surface area contributed by atoms with E-state index in [1.54, 1.807) is 19.2 Å². The molecule has 1 N–H and O–H groups in total. The summed E-state index contributed by atoms with van der Waals surface area (Å²) in [4.78, 5) is 12.8. The molecule has 1 heterocycles. The number of sulfonamides is 1. The Labute approximate surface area is 182 Å². The molecule has 160 valence electrons. The van der Waals surface area contributed by atoms with E-state index in [2.05, 4.69) is 5.32 Å². The van der Waals surface area contributed by atoms with Crippen molar-refractivity contribution in [2.45, 2.75) is 24.4 Å². The highest BCUT2D eigenvalue weighted by atomic mass is 32.2. The monoisotopic (exact) mass is 436 g/mol. The SMILES string of the molecule is COc1cccc(CNC(=O)c2cccc(S(=O)(=O)N3CCc4ccccc4C3)c2)c1. The summed E-state index contributed by atoms with van der Waals surface area (Å²) in [6.07, 6.45) is 0.677. The van der Waals surface area contributed by atoms with Crippen molar-refractivity contribution in [2.24, 2.45) is 0 Å². The number of hydrogen-bond acceptors (Lipinski definition) is 4. The van der Waals surface area contributed by atoms with Gasteiger partial charge in [-0.2, -0.15) is 4.31 Å². The zero-order valence-electron chi connectivity index (χ0n) is 17.2.